The van der Waals surface area contributed by atoms with Gasteiger partial charge in [-0.15, -0.1) is 6.58 Å². The molecular formula is C23H28N2O5S. The van der Waals surface area contributed by atoms with Crippen molar-refractivity contribution in [2.24, 2.45) is 5.41 Å². The average Bonchev–Trinajstić information content (AvgIpc) is 2.83. The van der Waals surface area contributed by atoms with E-state index in [0.717, 1.165) is 5.56 Å². The van der Waals surface area contributed by atoms with E-state index < -0.39 is 15.4 Å². The van der Waals surface area contributed by atoms with E-state index in [9.17, 15) is 13.2 Å². The van der Waals surface area contributed by atoms with E-state index in [1.54, 1.807) is 41.3 Å². The molecule has 0 radical (unpaired) electrons. The van der Waals surface area contributed by atoms with Crippen LogP contribution >= 0.6 is 0 Å². The smallest absolute Gasteiger partial charge is 0.265 e. The van der Waals surface area contributed by atoms with Crippen LogP contribution in [0.25, 0.3) is 0 Å². The van der Waals surface area contributed by atoms with Crippen LogP contribution in [0.4, 0.5) is 11.4 Å². The number of rotatable bonds is 7. The van der Waals surface area contributed by atoms with Crippen molar-refractivity contribution in [3.05, 3.63) is 54.6 Å². The normalized spacial score (nSPS) is 15.5. The van der Waals surface area contributed by atoms with Gasteiger partial charge in [-0.2, -0.15) is 0 Å². The summed E-state index contributed by atoms with van der Waals surface area (Å²) in [6.07, 6.45) is 2.32. The number of hydrogen-bond acceptors (Lipinski definition) is 5. The molecular weight excluding hydrogens is 416 g/mol. The fraction of sp³-hybridized carbons (Fsp3) is 0.348. The number of anilines is 2. The maximum absolute atomic E-state index is 13.1. The molecule has 0 fully saturated rings. The third-order valence-corrected chi connectivity index (χ3v) is 6.55. The fourth-order valence-corrected chi connectivity index (χ4v) is 4.65. The number of ether oxygens (including phenoxy) is 2. The van der Waals surface area contributed by atoms with Crippen LogP contribution in [-0.4, -0.2) is 34.6 Å². The van der Waals surface area contributed by atoms with Crippen molar-refractivity contribution in [1.82, 2.24) is 0 Å². The van der Waals surface area contributed by atoms with E-state index in [0.29, 0.717) is 23.5 Å². The first-order chi connectivity index (χ1) is 14.6. The second kappa shape index (κ2) is 8.63. The van der Waals surface area contributed by atoms with Crippen LogP contribution in [0.15, 0.2) is 53.9 Å². The van der Waals surface area contributed by atoms with E-state index in [-0.39, 0.29) is 29.7 Å². The lowest BCUT2D eigenvalue weighted by Gasteiger charge is -2.27. The first-order valence-corrected chi connectivity index (χ1v) is 11.5. The summed E-state index contributed by atoms with van der Waals surface area (Å²) < 4.78 is 40.0. The summed E-state index contributed by atoms with van der Waals surface area (Å²) in [6.45, 7) is 9.81. The Hall–Kier alpha value is -3.00. The van der Waals surface area contributed by atoms with Crippen molar-refractivity contribution in [2.75, 3.05) is 29.9 Å². The zero-order valence-corrected chi connectivity index (χ0v) is 19.1. The molecule has 166 valence electrons. The van der Waals surface area contributed by atoms with E-state index in [4.69, 9.17) is 9.47 Å². The number of methoxy groups -OCH3 is 1. The number of amides is 1. The number of carbonyl (C=O) groups is 1. The second-order valence-corrected chi connectivity index (χ2v) is 9.65. The highest BCUT2D eigenvalue weighted by Gasteiger charge is 2.37. The predicted molar refractivity (Wildman–Crippen MR) is 121 cm³/mol. The molecule has 3 rings (SSSR count). The predicted octanol–water partition coefficient (Wildman–Crippen LogP) is 4.00. The molecule has 1 heterocycles. The molecule has 0 spiro atoms. The van der Waals surface area contributed by atoms with E-state index >= 15 is 0 Å². The number of aryl methyl sites for hydroxylation is 1. The van der Waals surface area contributed by atoms with Crippen LogP contribution in [-0.2, 0) is 21.2 Å². The van der Waals surface area contributed by atoms with Crippen LogP contribution in [0.3, 0.4) is 0 Å². The number of sulfonamides is 1. The zero-order valence-electron chi connectivity index (χ0n) is 18.3. The van der Waals surface area contributed by atoms with Gasteiger partial charge in [-0.25, -0.2) is 8.42 Å². The molecule has 2 aromatic rings. The van der Waals surface area contributed by atoms with E-state index in [2.05, 4.69) is 11.3 Å². The molecule has 0 saturated carbocycles. The minimum Gasteiger partial charge on any atom is -0.495 e. The molecule has 31 heavy (non-hydrogen) atoms. The zero-order chi connectivity index (χ0) is 22.8. The highest BCUT2D eigenvalue weighted by atomic mass is 32.2. The summed E-state index contributed by atoms with van der Waals surface area (Å²) in [6, 6.07) is 9.96. The molecule has 0 bridgehead atoms. The Morgan fingerprint density at radius 2 is 2.00 bits per heavy atom. The quantitative estimate of drug-likeness (QED) is 0.653. The number of fused-ring (bicyclic) bond motifs is 1. The lowest BCUT2D eigenvalue weighted by molar-refractivity contribution is -0.127. The van der Waals surface area contributed by atoms with Gasteiger partial charge >= 0.3 is 0 Å². The largest absolute Gasteiger partial charge is 0.495 e. The Balaban J connectivity index is 2.02. The topological polar surface area (TPSA) is 84.9 Å². The number of nitrogens with one attached hydrogen (secondary N) is 1. The van der Waals surface area contributed by atoms with Gasteiger partial charge in [0.05, 0.1) is 23.9 Å². The number of hydrogen-bond donors (Lipinski definition) is 1. The van der Waals surface area contributed by atoms with Gasteiger partial charge in [-0.3, -0.25) is 9.52 Å². The van der Waals surface area contributed by atoms with Gasteiger partial charge in [0.1, 0.15) is 23.0 Å². The van der Waals surface area contributed by atoms with Gasteiger partial charge < -0.3 is 14.4 Å². The molecule has 1 N–H and O–H groups in total. The van der Waals surface area contributed by atoms with E-state index in [1.807, 2.05) is 26.8 Å². The lowest BCUT2D eigenvalue weighted by atomic mass is 9.93. The van der Waals surface area contributed by atoms with Crippen molar-refractivity contribution in [3.8, 4) is 11.5 Å². The van der Waals surface area contributed by atoms with Crippen LogP contribution in [0.2, 0.25) is 0 Å². The summed E-state index contributed by atoms with van der Waals surface area (Å²) >= 11 is 0. The third kappa shape index (κ3) is 4.54. The molecule has 0 saturated heterocycles. The molecule has 0 atom stereocenters. The Labute approximate surface area is 183 Å². The van der Waals surface area contributed by atoms with Gasteiger partial charge in [0.2, 0.25) is 5.91 Å². The summed E-state index contributed by atoms with van der Waals surface area (Å²) in [4.78, 5) is 14.7. The minimum atomic E-state index is -3.93. The maximum atomic E-state index is 13.1. The molecule has 7 nitrogen and oxygen atoms in total. The Bertz CT molecular complexity index is 1110. The molecule has 0 unspecified atom stereocenters. The molecule has 2 aromatic carbocycles. The summed E-state index contributed by atoms with van der Waals surface area (Å²) in [7, 11) is -2.50. The van der Waals surface area contributed by atoms with Crippen molar-refractivity contribution in [1.29, 1.82) is 0 Å². The van der Waals surface area contributed by atoms with Crippen LogP contribution < -0.4 is 19.1 Å². The highest BCUT2D eigenvalue weighted by molar-refractivity contribution is 7.92. The average molecular weight is 445 g/mol. The third-order valence-electron chi connectivity index (χ3n) is 5.15. The fourth-order valence-electron chi connectivity index (χ4n) is 3.38. The standard InChI is InChI=1S/C23H28N2O5S/c1-6-12-25-18-14-17(9-11-19(18)30-15-23(3,4)22(25)26)24-31(27,28)21-13-16(7-2)8-10-20(21)29-5/h6,8-11,13-14,24H,1,7,12,15H2,2-5H3. The van der Waals surface area contributed by atoms with Gasteiger partial charge in [0.15, 0.2) is 0 Å². The number of nitrogens with zero attached hydrogens (tertiary/aromatic N) is 1. The lowest BCUT2D eigenvalue weighted by Crippen LogP contribution is -2.42. The summed E-state index contributed by atoms with van der Waals surface area (Å²) in [5.74, 6) is 0.644. The monoisotopic (exact) mass is 444 g/mol. The summed E-state index contributed by atoms with van der Waals surface area (Å²) in [5.41, 5.74) is 0.953. The van der Waals surface area contributed by atoms with Gasteiger partial charge in [-0.05, 0) is 56.2 Å². The Morgan fingerprint density at radius 3 is 2.65 bits per heavy atom. The minimum absolute atomic E-state index is 0.0562. The SMILES string of the molecule is C=CCN1C(=O)C(C)(C)COc2ccc(NS(=O)(=O)c3cc(CC)ccc3OC)cc21. The first kappa shape index (κ1) is 22.7. The highest BCUT2D eigenvalue weighted by Crippen LogP contribution is 2.39. The molecule has 1 aliphatic heterocycles. The van der Waals surface area contributed by atoms with Crippen molar-refractivity contribution >= 4 is 27.3 Å². The summed E-state index contributed by atoms with van der Waals surface area (Å²) in [5, 5.41) is 0. The number of benzene rings is 2. The Morgan fingerprint density at radius 1 is 1.26 bits per heavy atom. The van der Waals surface area contributed by atoms with E-state index in [1.165, 1.54) is 7.11 Å². The maximum Gasteiger partial charge on any atom is 0.265 e. The molecule has 8 heteroatoms. The van der Waals surface area contributed by atoms with Crippen molar-refractivity contribution < 1.29 is 22.7 Å². The van der Waals surface area contributed by atoms with Crippen molar-refractivity contribution in [2.45, 2.75) is 32.1 Å². The molecule has 0 aromatic heterocycles. The van der Waals surface area contributed by atoms with Gasteiger partial charge in [0.25, 0.3) is 10.0 Å². The van der Waals surface area contributed by atoms with Crippen LogP contribution in [0.1, 0.15) is 26.3 Å². The molecule has 1 aliphatic rings. The first-order valence-electron chi connectivity index (χ1n) is 10.0. The molecule has 1 amide bonds. The number of carbonyl (C=O) groups excluding carboxylic acids is 1. The molecule has 0 aliphatic carbocycles. The Kier molecular flexibility index (Phi) is 6.31. The van der Waals surface area contributed by atoms with Gasteiger partial charge in [-0.1, -0.05) is 19.1 Å². The van der Waals surface area contributed by atoms with Gasteiger partial charge in [0, 0.05) is 6.54 Å². The second-order valence-electron chi connectivity index (χ2n) is 8.00. The van der Waals surface area contributed by atoms with Crippen LogP contribution in [0, 0.1) is 5.41 Å². The van der Waals surface area contributed by atoms with Crippen molar-refractivity contribution in [3.63, 3.8) is 0 Å². The van der Waals surface area contributed by atoms with Crippen LogP contribution in [0.5, 0.6) is 11.5 Å².